The summed E-state index contributed by atoms with van der Waals surface area (Å²) in [6.07, 6.45) is 0.685. The van der Waals surface area contributed by atoms with Gasteiger partial charge in [0.15, 0.2) is 5.78 Å². The summed E-state index contributed by atoms with van der Waals surface area (Å²) in [6, 6.07) is 10.4. The van der Waals surface area contributed by atoms with E-state index in [9.17, 15) is 14.9 Å². The first kappa shape index (κ1) is 20.9. The maximum Gasteiger partial charge on any atom is 0.269 e. The quantitative estimate of drug-likeness (QED) is 0.444. The number of non-ortho nitro benzene ring substituents is 1. The molecular weight excluding hydrogens is 412 g/mol. The molecule has 1 aliphatic rings. The molecule has 1 heterocycles. The number of rotatable bonds is 4. The number of thiazole rings is 1. The predicted molar refractivity (Wildman–Crippen MR) is 123 cm³/mol. The molecule has 0 saturated carbocycles. The standard InChI is InChI=1S/C23H22N4O3S/c1-13-9-14(2)19-16(10-13)11-23(3,4)21(28)20(19)25-26-22-24-18(12-31-22)15-5-7-17(8-6-15)27(29)30/h5-10,12H,11H2,1-4H3,(H,24,26)/b25-20+. The Balaban J connectivity index is 1.64. The Kier molecular flexibility index (Phi) is 5.18. The van der Waals surface area contributed by atoms with Gasteiger partial charge in [-0.3, -0.25) is 20.3 Å². The molecule has 0 spiro atoms. The number of fused-ring (bicyclic) bond motifs is 1. The predicted octanol–water partition coefficient (Wildman–Crippen LogP) is 5.30. The maximum atomic E-state index is 13.1. The van der Waals surface area contributed by atoms with Gasteiger partial charge in [0.1, 0.15) is 5.71 Å². The number of hydrogen-bond acceptors (Lipinski definition) is 7. The molecule has 1 N–H and O–H groups in total. The molecule has 0 radical (unpaired) electrons. The van der Waals surface area contributed by atoms with Crippen LogP contribution in [0.5, 0.6) is 0 Å². The highest BCUT2D eigenvalue weighted by Gasteiger charge is 2.39. The number of anilines is 1. The molecule has 0 aliphatic heterocycles. The van der Waals surface area contributed by atoms with Gasteiger partial charge in [-0.05, 0) is 43.5 Å². The van der Waals surface area contributed by atoms with Crippen molar-refractivity contribution in [1.29, 1.82) is 0 Å². The number of carbonyl (C=O) groups excluding carboxylic acids is 1. The van der Waals surface area contributed by atoms with Crippen molar-refractivity contribution in [2.75, 3.05) is 5.43 Å². The first-order valence-electron chi connectivity index (χ1n) is 9.85. The van der Waals surface area contributed by atoms with E-state index in [1.165, 1.54) is 29.0 Å². The van der Waals surface area contributed by atoms with E-state index in [0.29, 0.717) is 23.0 Å². The number of nitrogens with one attached hydrogen (secondary N) is 1. The minimum Gasteiger partial charge on any atom is -0.292 e. The Morgan fingerprint density at radius 3 is 2.58 bits per heavy atom. The molecule has 1 aliphatic carbocycles. The minimum absolute atomic E-state index is 0.00611. The zero-order chi connectivity index (χ0) is 22.3. The van der Waals surface area contributed by atoms with Gasteiger partial charge in [0.05, 0.1) is 10.6 Å². The second-order valence-corrected chi connectivity index (χ2v) is 9.28. The number of nitro benzene ring substituents is 1. The van der Waals surface area contributed by atoms with Crippen LogP contribution in [0.15, 0.2) is 46.9 Å². The van der Waals surface area contributed by atoms with E-state index in [2.05, 4.69) is 34.6 Å². The fourth-order valence-corrected chi connectivity index (χ4v) is 4.61. The number of benzene rings is 2. The molecule has 0 atom stereocenters. The van der Waals surface area contributed by atoms with E-state index >= 15 is 0 Å². The second kappa shape index (κ2) is 7.70. The third-order valence-corrected chi connectivity index (χ3v) is 6.15. The number of hydrogen-bond donors (Lipinski definition) is 1. The number of aromatic nitrogens is 1. The number of aryl methyl sites for hydroxylation is 2. The van der Waals surface area contributed by atoms with Crippen molar-refractivity contribution in [1.82, 2.24) is 4.98 Å². The van der Waals surface area contributed by atoms with Crippen LogP contribution in [-0.4, -0.2) is 21.4 Å². The van der Waals surface area contributed by atoms with Crippen LogP contribution >= 0.6 is 11.3 Å². The van der Waals surface area contributed by atoms with Crippen LogP contribution in [0.1, 0.15) is 36.1 Å². The van der Waals surface area contributed by atoms with Gasteiger partial charge in [0, 0.05) is 34.1 Å². The molecule has 0 unspecified atom stereocenters. The molecule has 0 saturated heterocycles. The van der Waals surface area contributed by atoms with Crippen molar-refractivity contribution in [2.24, 2.45) is 10.5 Å². The molecule has 4 rings (SSSR count). The van der Waals surface area contributed by atoms with Crippen LogP contribution in [0, 0.1) is 29.4 Å². The number of ketones is 1. The van der Waals surface area contributed by atoms with E-state index in [0.717, 1.165) is 22.3 Å². The van der Waals surface area contributed by atoms with Crippen molar-refractivity contribution >= 4 is 33.7 Å². The van der Waals surface area contributed by atoms with Gasteiger partial charge in [0.2, 0.25) is 5.13 Å². The van der Waals surface area contributed by atoms with Crippen LogP contribution in [0.2, 0.25) is 0 Å². The highest BCUT2D eigenvalue weighted by atomic mass is 32.1. The maximum absolute atomic E-state index is 13.1. The van der Waals surface area contributed by atoms with Gasteiger partial charge >= 0.3 is 0 Å². The Hall–Kier alpha value is -3.39. The summed E-state index contributed by atoms with van der Waals surface area (Å²) in [4.78, 5) is 28.0. The molecule has 8 heteroatoms. The van der Waals surface area contributed by atoms with Gasteiger partial charge in [0.25, 0.3) is 5.69 Å². The molecule has 7 nitrogen and oxygen atoms in total. The van der Waals surface area contributed by atoms with E-state index in [4.69, 9.17) is 0 Å². The Labute approximate surface area is 184 Å². The minimum atomic E-state index is -0.527. The van der Waals surface area contributed by atoms with Crippen LogP contribution in [0.25, 0.3) is 11.3 Å². The Bertz CT molecular complexity index is 1230. The lowest BCUT2D eigenvalue weighted by Gasteiger charge is -2.31. The number of hydrazone groups is 1. The smallest absolute Gasteiger partial charge is 0.269 e. The van der Waals surface area contributed by atoms with Crippen molar-refractivity contribution in [3.05, 3.63) is 74.1 Å². The monoisotopic (exact) mass is 434 g/mol. The molecule has 0 amide bonds. The van der Waals surface area contributed by atoms with Crippen LogP contribution in [0.3, 0.4) is 0 Å². The van der Waals surface area contributed by atoms with Crippen molar-refractivity contribution in [3.63, 3.8) is 0 Å². The summed E-state index contributed by atoms with van der Waals surface area (Å²) in [6.45, 7) is 7.95. The summed E-state index contributed by atoms with van der Waals surface area (Å²) >= 11 is 1.36. The zero-order valence-corrected chi connectivity index (χ0v) is 18.5. The highest BCUT2D eigenvalue weighted by Crippen LogP contribution is 2.35. The molecule has 0 fully saturated rings. The third-order valence-electron chi connectivity index (χ3n) is 5.40. The molecule has 31 heavy (non-hydrogen) atoms. The van der Waals surface area contributed by atoms with Gasteiger partial charge < -0.3 is 0 Å². The topological polar surface area (TPSA) is 97.5 Å². The van der Waals surface area contributed by atoms with Crippen LogP contribution in [0.4, 0.5) is 10.8 Å². The van der Waals surface area contributed by atoms with Gasteiger partial charge in [-0.1, -0.05) is 31.5 Å². The molecule has 0 bridgehead atoms. The van der Waals surface area contributed by atoms with E-state index in [1.54, 1.807) is 12.1 Å². The van der Waals surface area contributed by atoms with E-state index in [-0.39, 0.29) is 11.5 Å². The summed E-state index contributed by atoms with van der Waals surface area (Å²) < 4.78 is 0. The average Bonchev–Trinajstić information content (AvgIpc) is 3.17. The lowest BCUT2D eigenvalue weighted by atomic mass is 9.71. The zero-order valence-electron chi connectivity index (χ0n) is 17.7. The first-order valence-corrected chi connectivity index (χ1v) is 10.7. The number of nitro groups is 1. The first-order chi connectivity index (χ1) is 14.7. The fourth-order valence-electron chi connectivity index (χ4n) is 3.95. The van der Waals surface area contributed by atoms with Gasteiger partial charge in [-0.2, -0.15) is 5.10 Å². The van der Waals surface area contributed by atoms with Crippen LogP contribution in [-0.2, 0) is 11.2 Å². The van der Waals surface area contributed by atoms with Crippen molar-refractivity contribution in [2.45, 2.75) is 34.1 Å². The van der Waals surface area contributed by atoms with Gasteiger partial charge in [-0.25, -0.2) is 4.98 Å². The molecule has 2 aromatic carbocycles. The summed E-state index contributed by atoms with van der Waals surface area (Å²) in [5, 5.41) is 17.7. The van der Waals surface area contributed by atoms with E-state index in [1.807, 2.05) is 26.2 Å². The van der Waals surface area contributed by atoms with Crippen molar-refractivity contribution in [3.8, 4) is 11.3 Å². The lowest BCUT2D eigenvalue weighted by Crippen LogP contribution is -2.40. The largest absolute Gasteiger partial charge is 0.292 e. The third kappa shape index (κ3) is 3.98. The molecule has 158 valence electrons. The average molecular weight is 435 g/mol. The Morgan fingerprint density at radius 2 is 1.90 bits per heavy atom. The normalized spacial score (nSPS) is 16.3. The molecular formula is C23H22N4O3S. The van der Waals surface area contributed by atoms with Crippen LogP contribution < -0.4 is 5.43 Å². The SMILES string of the molecule is Cc1cc(C)c2c(c1)CC(C)(C)C(=O)/C2=N/Nc1nc(-c2ccc([N+](=O)[O-])cc2)cs1. The summed E-state index contributed by atoms with van der Waals surface area (Å²) in [5.74, 6) is 0.00611. The molecule has 1 aromatic heterocycles. The summed E-state index contributed by atoms with van der Waals surface area (Å²) in [5.41, 5.74) is 8.57. The number of carbonyl (C=O) groups is 1. The number of nitrogens with zero attached hydrogens (tertiary/aromatic N) is 3. The number of Topliss-reactive ketones (excluding diaryl/α,β-unsaturated/α-hetero) is 1. The van der Waals surface area contributed by atoms with Gasteiger partial charge in [-0.15, -0.1) is 11.3 Å². The molecule has 3 aromatic rings. The summed E-state index contributed by atoms with van der Waals surface area (Å²) in [7, 11) is 0. The Morgan fingerprint density at radius 1 is 1.19 bits per heavy atom. The van der Waals surface area contributed by atoms with E-state index < -0.39 is 10.3 Å². The fraction of sp³-hybridized carbons (Fsp3) is 0.261. The highest BCUT2D eigenvalue weighted by molar-refractivity contribution is 7.14. The second-order valence-electron chi connectivity index (χ2n) is 8.42. The van der Waals surface area contributed by atoms with Crippen molar-refractivity contribution < 1.29 is 9.72 Å². The lowest BCUT2D eigenvalue weighted by molar-refractivity contribution is -0.384.